The summed E-state index contributed by atoms with van der Waals surface area (Å²) in [7, 11) is 1.57. The highest BCUT2D eigenvalue weighted by atomic mass is 32.2. The zero-order chi connectivity index (χ0) is 28.9. The summed E-state index contributed by atoms with van der Waals surface area (Å²) >= 11 is 1.24. The number of aromatic nitrogens is 1. The van der Waals surface area contributed by atoms with E-state index in [0.29, 0.717) is 72.8 Å². The number of hydrogen-bond donors (Lipinski definition) is 3. The smallest absolute Gasteiger partial charge is 0.303 e. The fourth-order valence-electron chi connectivity index (χ4n) is 5.50. The topological polar surface area (TPSA) is 109 Å². The summed E-state index contributed by atoms with van der Waals surface area (Å²) in [5.74, 6) is -3.58. The van der Waals surface area contributed by atoms with Crippen LogP contribution in [0, 0.1) is 22.9 Å². The second-order valence-corrected chi connectivity index (χ2v) is 11.5. The number of aliphatic hydroxyl groups is 1. The number of piperidine rings is 1. The molecule has 7 nitrogen and oxygen atoms in total. The van der Waals surface area contributed by atoms with Crippen LogP contribution in [0.4, 0.5) is 13.2 Å². The third kappa shape index (κ3) is 7.06. The van der Waals surface area contributed by atoms with Crippen molar-refractivity contribution < 1.29 is 32.9 Å². The standard InChI is InChI=1S/C29H34F3N3O4S/c1-39-19-2-3-24-21(12-19)27(18(16-33)17-34-24)25(36)4-5-29(15-26(37)38)6-8-35(9-7-29)10-11-40-20-13-22(30)28(32)23(31)14-20/h2-3,12-14,17,25,36H,4-11,15-16,33H2,1H3,(H,37,38). The average molecular weight is 578 g/mol. The summed E-state index contributed by atoms with van der Waals surface area (Å²) in [4.78, 5) is 18.8. The molecule has 3 aromatic rings. The van der Waals surface area contributed by atoms with E-state index in [0.717, 1.165) is 23.1 Å². The lowest BCUT2D eigenvalue weighted by Gasteiger charge is -2.41. The summed E-state index contributed by atoms with van der Waals surface area (Å²) in [5, 5.41) is 21.8. The molecule has 4 N–H and O–H groups in total. The van der Waals surface area contributed by atoms with E-state index in [1.807, 2.05) is 12.1 Å². The predicted molar refractivity (Wildman–Crippen MR) is 148 cm³/mol. The maximum atomic E-state index is 13.5. The molecule has 11 heteroatoms. The summed E-state index contributed by atoms with van der Waals surface area (Å²) in [5.41, 5.74) is 7.64. The fraction of sp³-hybridized carbons (Fsp3) is 0.448. The van der Waals surface area contributed by atoms with Crippen LogP contribution in [0.3, 0.4) is 0 Å². The number of pyridine rings is 1. The van der Waals surface area contributed by atoms with Gasteiger partial charge in [0.2, 0.25) is 0 Å². The molecular formula is C29H34F3N3O4S. The lowest BCUT2D eigenvalue weighted by atomic mass is 9.71. The van der Waals surface area contributed by atoms with Crippen molar-refractivity contribution in [2.45, 2.75) is 49.6 Å². The molecule has 1 unspecified atom stereocenters. The van der Waals surface area contributed by atoms with Crippen molar-refractivity contribution >= 4 is 28.6 Å². The molecule has 0 radical (unpaired) electrons. The van der Waals surface area contributed by atoms with Gasteiger partial charge in [-0.1, -0.05) is 0 Å². The number of nitrogens with zero attached hydrogens (tertiary/aromatic N) is 2. The summed E-state index contributed by atoms with van der Waals surface area (Å²) in [6.07, 6.45) is 3.00. The van der Waals surface area contributed by atoms with Crippen molar-refractivity contribution in [3.63, 3.8) is 0 Å². The van der Waals surface area contributed by atoms with E-state index in [9.17, 15) is 28.2 Å². The van der Waals surface area contributed by atoms with E-state index >= 15 is 0 Å². The molecule has 2 aromatic carbocycles. The Bertz CT molecular complexity index is 1320. The van der Waals surface area contributed by atoms with Crippen LogP contribution in [-0.4, -0.2) is 58.6 Å². The average Bonchev–Trinajstić information content (AvgIpc) is 2.94. The number of carbonyl (C=O) groups is 1. The molecule has 1 aliphatic heterocycles. The van der Waals surface area contributed by atoms with Gasteiger partial charge in [0, 0.05) is 35.3 Å². The number of aliphatic carboxylic acids is 1. The van der Waals surface area contributed by atoms with Crippen molar-refractivity contribution in [3.05, 3.63) is 65.1 Å². The van der Waals surface area contributed by atoms with Crippen LogP contribution in [0.2, 0.25) is 0 Å². The minimum atomic E-state index is -1.48. The first-order valence-electron chi connectivity index (χ1n) is 13.2. The number of nitrogens with two attached hydrogens (primary N) is 1. The summed E-state index contributed by atoms with van der Waals surface area (Å²) in [6.45, 7) is 2.18. The molecule has 1 fully saturated rings. The second-order valence-electron chi connectivity index (χ2n) is 10.3. The number of fused-ring (bicyclic) bond motifs is 1. The van der Waals surface area contributed by atoms with Gasteiger partial charge < -0.3 is 25.6 Å². The molecule has 40 heavy (non-hydrogen) atoms. The lowest BCUT2D eigenvalue weighted by Crippen LogP contribution is -2.42. The van der Waals surface area contributed by atoms with Gasteiger partial charge in [-0.15, -0.1) is 11.8 Å². The summed E-state index contributed by atoms with van der Waals surface area (Å²) in [6, 6.07) is 7.44. The molecule has 0 bridgehead atoms. The monoisotopic (exact) mass is 577 g/mol. The van der Waals surface area contributed by atoms with Gasteiger partial charge in [0.25, 0.3) is 0 Å². The Kier molecular flexibility index (Phi) is 9.94. The number of ether oxygens (including phenoxy) is 1. The lowest BCUT2D eigenvalue weighted by molar-refractivity contribution is -0.141. The minimum absolute atomic E-state index is 0.00506. The SMILES string of the molecule is COc1ccc2ncc(CN)c(C(O)CCC3(CC(=O)O)CCN(CCSc4cc(F)c(F)c(F)c4)CC3)c2c1. The quantitative estimate of drug-likeness (QED) is 0.197. The zero-order valence-corrected chi connectivity index (χ0v) is 23.2. The number of thioether (sulfide) groups is 1. The van der Waals surface area contributed by atoms with E-state index in [1.54, 1.807) is 19.4 Å². The number of halogens is 3. The van der Waals surface area contributed by atoms with Gasteiger partial charge in [0.15, 0.2) is 17.5 Å². The molecule has 1 atom stereocenters. The molecule has 1 aliphatic rings. The number of aliphatic hydroxyl groups excluding tert-OH is 1. The van der Waals surface area contributed by atoms with Crippen molar-refractivity contribution in [1.29, 1.82) is 0 Å². The number of benzene rings is 2. The molecule has 0 amide bonds. The Hall–Kier alpha value is -2.86. The van der Waals surface area contributed by atoms with Crippen molar-refractivity contribution in [2.24, 2.45) is 11.1 Å². The van der Waals surface area contributed by atoms with E-state index < -0.39 is 34.9 Å². The van der Waals surface area contributed by atoms with Crippen molar-refractivity contribution in [1.82, 2.24) is 9.88 Å². The molecule has 0 saturated carbocycles. The second kappa shape index (κ2) is 13.2. The van der Waals surface area contributed by atoms with Crippen molar-refractivity contribution in [3.8, 4) is 5.75 Å². The van der Waals surface area contributed by atoms with Gasteiger partial charge in [-0.3, -0.25) is 9.78 Å². The third-order valence-electron chi connectivity index (χ3n) is 7.78. The first-order valence-corrected chi connectivity index (χ1v) is 14.2. The van der Waals surface area contributed by atoms with Crippen LogP contribution in [0.15, 0.2) is 41.4 Å². The molecule has 1 saturated heterocycles. The Morgan fingerprint density at radius 3 is 2.52 bits per heavy atom. The Balaban J connectivity index is 1.40. The van der Waals surface area contributed by atoms with Crippen LogP contribution in [0.1, 0.15) is 49.3 Å². The van der Waals surface area contributed by atoms with Crippen LogP contribution < -0.4 is 10.5 Å². The Morgan fingerprint density at radius 1 is 1.20 bits per heavy atom. The highest BCUT2D eigenvalue weighted by Crippen LogP contribution is 2.42. The van der Waals surface area contributed by atoms with Crippen LogP contribution in [-0.2, 0) is 11.3 Å². The predicted octanol–water partition coefficient (Wildman–Crippen LogP) is 5.28. The molecule has 216 valence electrons. The molecule has 0 aliphatic carbocycles. The van der Waals surface area contributed by atoms with Gasteiger partial charge in [-0.05, 0) is 85.6 Å². The van der Waals surface area contributed by atoms with Gasteiger partial charge in [-0.2, -0.15) is 0 Å². The first kappa shape index (κ1) is 30.1. The number of rotatable bonds is 12. The normalized spacial score (nSPS) is 16.2. The first-order chi connectivity index (χ1) is 19.1. The van der Waals surface area contributed by atoms with E-state index in [1.165, 1.54) is 11.8 Å². The molecule has 1 aromatic heterocycles. The van der Waals surface area contributed by atoms with Gasteiger partial charge in [-0.25, -0.2) is 13.2 Å². The minimum Gasteiger partial charge on any atom is -0.497 e. The zero-order valence-electron chi connectivity index (χ0n) is 22.3. The number of methoxy groups -OCH3 is 1. The van der Waals surface area contributed by atoms with Gasteiger partial charge >= 0.3 is 5.97 Å². The molecule has 4 rings (SSSR count). The molecule has 0 spiro atoms. The van der Waals surface area contributed by atoms with Crippen molar-refractivity contribution in [2.75, 3.05) is 32.5 Å². The van der Waals surface area contributed by atoms with Gasteiger partial charge in [0.05, 0.1) is 25.2 Å². The Morgan fingerprint density at radius 2 is 1.90 bits per heavy atom. The van der Waals surface area contributed by atoms with Crippen LogP contribution in [0.5, 0.6) is 5.75 Å². The highest BCUT2D eigenvalue weighted by Gasteiger charge is 2.37. The van der Waals surface area contributed by atoms with Gasteiger partial charge in [0.1, 0.15) is 5.75 Å². The van der Waals surface area contributed by atoms with E-state index in [2.05, 4.69) is 9.88 Å². The van der Waals surface area contributed by atoms with E-state index in [4.69, 9.17) is 10.5 Å². The molecular weight excluding hydrogens is 543 g/mol. The maximum absolute atomic E-state index is 13.5. The van der Waals surface area contributed by atoms with E-state index in [-0.39, 0.29) is 13.0 Å². The summed E-state index contributed by atoms with van der Waals surface area (Å²) < 4.78 is 45.5. The highest BCUT2D eigenvalue weighted by molar-refractivity contribution is 7.99. The largest absolute Gasteiger partial charge is 0.497 e. The van der Waals surface area contributed by atoms with Crippen LogP contribution in [0.25, 0.3) is 10.9 Å². The number of likely N-dealkylation sites (tertiary alicyclic amines) is 1. The third-order valence-corrected chi connectivity index (χ3v) is 8.73. The Labute approximate surface area is 235 Å². The maximum Gasteiger partial charge on any atom is 0.303 e. The number of hydrogen-bond acceptors (Lipinski definition) is 7. The fourth-order valence-corrected chi connectivity index (χ4v) is 6.46. The number of carboxylic acids is 1. The number of carboxylic acid groups (broad SMARTS) is 1. The van der Waals surface area contributed by atoms with Crippen LogP contribution >= 0.6 is 11.8 Å². The molecule has 2 heterocycles.